The molecule has 3 atom stereocenters. The first-order valence-corrected chi connectivity index (χ1v) is 35.8. The Balaban J connectivity index is -0.00000161. The lowest BCUT2D eigenvalue weighted by Crippen LogP contribution is -2.47. The lowest BCUT2D eigenvalue weighted by molar-refractivity contribution is -0.141. The Morgan fingerprint density at radius 2 is 0.647 bits per heavy atom. The van der Waals surface area contributed by atoms with Crippen LogP contribution in [0.1, 0.15) is 290 Å². The molecule has 0 fully saturated rings. The number of hydrogen-bond donors (Lipinski definition) is 13. The normalized spacial score (nSPS) is 12.4. The summed E-state index contributed by atoms with van der Waals surface area (Å²) in [6.07, 6.45) is 46.0. The highest BCUT2D eigenvalue weighted by Crippen LogP contribution is 2.15. The minimum Gasteiger partial charge on any atom is -0.412 e. The predicted octanol–water partition coefficient (Wildman–Crippen LogP) is 9.80. The topological polar surface area (TPSA) is 272 Å². The van der Waals surface area contributed by atoms with Crippen molar-refractivity contribution in [2.24, 2.45) is 5.92 Å². The van der Waals surface area contributed by atoms with Crippen LogP contribution in [-0.4, -0.2) is 168 Å². The maximum absolute atomic E-state index is 12.2. The summed E-state index contributed by atoms with van der Waals surface area (Å²) < 4.78 is 0. The number of carbonyl (C=O) groups excluding carboxylic acids is 3. The Morgan fingerprint density at radius 3 is 1.01 bits per heavy atom. The van der Waals surface area contributed by atoms with E-state index in [9.17, 15) is 29.7 Å². The summed E-state index contributed by atoms with van der Waals surface area (Å²) in [5.74, 6) is 0.434. The third kappa shape index (κ3) is 69.3. The molecule has 0 unspecified atom stereocenters. The molecule has 0 saturated heterocycles. The molecule has 0 aliphatic heterocycles. The van der Waals surface area contributed by atoms with Gasteiger partial charge in [-0.15, -0.1) is 0 Å². The van der Waals surface area contributed by atoms with Gasteiger partial charge in [0.1, 0.15) is 6.10 Å². The Bertz CT molecular complexity index is 1310. The van der Waals surface area contributed by atoms with Gasteiger partial charge in [-0.25, -0.2) is 0 Å². The molecule has 0 heterocycles. The molecule has 0 spiro atoms. The third-order valence-corrected chi connectivity index (χ3v) is 16.1. The van der Waals surface area contributed by atoms with Gasteiger partial charge in [-0.05, 0) is 169 Å². The van der Waals surface area contributed by atoms with E-state index < -0.39 is 24.2 Å². The van der Waals surface area contributed by atoms with Gasteiger partial charge in [0.15, 0.2) is 6.10 Å². The molecular formula is C68H145N9O8. The zero-order valence-electron chi connectivity index (χ0n) is 56.1. The number of nitrogens with one attached hydrogen (secondary N) is 9. The number of unbranched alkanes of at least 4 members (excludes halogenated alkanes) is 31. The molecule has 0 saturated carbocycles. The van der Waals surface area contributed by atoms with E-state index >= 15 is 0 Å². The first-order chi connectivity index (χ1) is 41.2. The molecule has 0 aliphatic rings. The number of carbonyl (C=O) groups is 3. The molecule has 0 aromatic heterocycles. The zero-order chi connectivity index (χ0) is 61.7. The van der Waals surface area contributed by atoms with E-state index in [0.717, 1.165) is 143 Å². The average molecular weight is 1220 g/mol. The van der Waals surface area contributed by atoms with E-state index in [1.165, 1.54) is 193 Å². The highest BCUT2D eigenvalue weighted by molar-refractivity contribution is 5.81. The maximum Gasteiger partial charge on any atom is 0.251 e. The van der Waals surface area contributed by atoms with Gasteiger partial charge in [0.2, 0.25) is 11.8 Å². The number of hydrogen-bond acceptors (Lipinski definition) is 13. The van der Waals surface area contributed by atoms with Crippen molar-refractivity contribution in [1.29, 1.82) is 0 Å². The van der Waals surface area contributed by atoms with Crippen LogP contribution in [0.4, 0.5) is 0 Å². The fraction of sp³-hybridized carbons (Fsp3) is 0.956. The average Bonchev–Trinajstić information content (AvgIpc) is 3.62. The van der Waals surface area contributed by atoms with E-state index in [4.69, 9.17) is 5.11 Å². The number of aliphatic hydroxyl groups excluding tert-OH is 4. The highest BCUT2D eigenvalue weighted by atomic mass is 16.4. The SMILES string of the molecule is CCCCCCCCCCCCCC(=O)NCCCCCCC(CNCCCCNCCCNC)CNCCCCNCCCNC.CCCCCCCCCCCNC(=O)CCCCCCCCCCCNC(=O)[C@H](O)[C@@H](O)[C@H](O)CCO.O. The number of aliphatic hydroxyl groups is 4. The molecular weight excluding hydrogens is 1070 g/mol. The summed E-state index contributed by atoms with van der Waals surface area (Å²) in [5, 5.41) is 67.5. The third-order valence-electron chi connectivity index (χ3n) is 16.1. The molecule has 0 aliphatic carbocycles. The van der Waals surface area contributed by atoms with Crippen LogP contribution in [0.5, 0.6) is 0 Å². The van der Waals surface area contributed by atoms with Gasteiger partial charge in [0, 0.05) is 39.1 Å². The van der Waals surface area contributed by atoms with Crippen LogP contribution in [0.15, 0.2) is 0 Å². The molecule has 17 nitrogen and oxygen atoms in total. The fourth-order valence-electron chi connectivity index (χ4n) is 10.5. The van der Waals surface area contributed by atoms with Crippen LogP contribution >= 0.6 is 0 Å². The monoisotopic (exact) mass is 1220 g/mol. The first kappa shape index (κ1) is 87.2. The molecule has 510 valence electrons. The lowest BCUT2D eigenvalue weighted by atomic mass is 10.00. The second-order valence-corrected chi connectivity index (χ2v) is 24.4. The predicted molar refractivity (Wildman–Crippen MR) is 360 cm³/mol. The smallest absolute Gasteiger partial charge is 0.251 e. The second kappa shape index (κ2) is 74.4. The molecule has 3 amide bonds. The van der Waals surface area contributed by atoms with Crippen LogP contribution in [0, 0.1) is 5.92 Å². The van der Waals surface area contributed by atoms with Gasteiger partial charge in [0.05, 0.1) is 6.10 Å². The number of amides is 3. The Kier molecular flexibility index (Phi) is 76.3. The molecule has 0 aromatic rings. The van der Waals surface area contributed by atoms with Crippen molar-refractivity contribution < 1.29 is 40.3 Å². The van der Waals surface area contributed by atoms with Crippen molar-refractivity contribution in [3.05, 3.63) is 0 Å². The van der Waals surface area contributed by atoms with Gasteiger partial charge in [0.25, 0.3) is 5.91 Å². The fourth-order valence-corrected chi connectivity index (χ4v) is 10.5. The van der Waals surface area contributed by atoms with Crippen LogP contribution < -0.4 is 47.9 Å². The van der Waals surface area contributed by atoms with Crippen molar-refractivity contribution in [1.82, 2.24) is 47.9 Å². The van der Waals surface area contributed by atoms with E-state index in [0.29, 0.717) is 25.3 Å². The zero-order valence-corrected chi connectivity index (χ0v) is 56.1. The first-order valence-electron chi connectivity index (χ1n) is 35.8. The standard InChI is InChI=1S/C39H85N7O.C29H58N2O6.H2O/c1-4-5-6-7-8-9-10-11-12-13-17-26-39(47)46-35-18-15-14-16-25-38(36-44-31-21-19-29-42-33-23-27-40-2)37-45-32-22-20-30-43-34-24-28-41-3;1-2-3-4-5-6-9-12-15-18-22-30-26(34)20-17-14-11-8-7-10-13-16-19-23-31-29(37)28(36)27(35)25(33)21-24-32;/h38,40-45H,4-37H2,1-3H3,(H,46,47);25,27-28,32-33,35-36H,2-24H2,1H3,(H,30,34)(H,31,37);1H2/t;25-,27+,28-;/m.1./s1. The summed E-state index contributed by atoms with van der Waals surface area (Å²) in [5.41, 5.74) is 0. The van der Waals surface area contributed by atoms with Gasteiger partial charge < -0.3 is 73.8 Å². The van der Waals surface area contributed by atoms with Gasteiger partial charge in [-0.1, -0.05) is 194 Å². The van der Waals surface area contributed by atoms with Crippen molar-refractivity contribution in [3.8, 4) is 0 Å². The molecule has 15 N–H and O–H groups in total. The molecule has 0 bridgehead atoms. The van der Waals surface area contributed by atoms with Crippen molar-refractivity contribution >= 4 is 17.7 Å². The van der Waals surface area contributed by atoms with Gasteiger partial charge in [-0.3, -0.25) is 14.4 Å². The lowest BCUT2D eigenvalue weighted by Gasteiger charge is -2.21. The summed E-state index contributed by atoms with van der Waals surface area (Å²) in [4.78, 5) is 36.0. The summed E-state index contributed by atoms with van der Waals surface area (Å²) in [6, 6.07) is 0. The van der Waals surface area contributed by atoms with E-state index in [1.54, 1.807) is 0 Å². The molecule has 0 aromatic carbocycles. The number of rotatable bonds is 68. The summed E-state index contributed by atoms with van der Waals surface area (Å²) in [6.45, 7) is 17.4. The summed E-state index contributed by atoms with van der Waals surface area (Å²) >= 11 is 0. The van der Waals surface area contributed by atoms with E-state index in [1.807, 2.05) is 14.1 Å². The molecule has 0 rings (SSSR count). The van der Waals surface area contributed by atoms with Crippen LogP contribution in [0.25, 0.3) is 0 Å². The van der Waals surface area contributed by atoms with Crippen LogP contribution in [0.2, 0.25) is 0 Å². The minimum absolute atomic E-state index is 0. The molecule has 17 heteroatoms. The van der Waals surface area contributed by atoms with Crippen LogP contribution in [0.3, 0.4) is 0 Å². The van der Waals surface area contributed by atoms with Crippen molar-refractivity contribution in [3.63, 3.8) is 0 Å². The molecule has 85 heavy (non-hydrogen) atoms. The Hall–Kier alpha value is -2.03. The van der Waals surface area contributed by atoms with E-state index in [2.05, 4.69) is 61.7 Å². The Morgan fingerprint density at radius 1 is 0.341 bits per heavy atom. The van der Waals surface area contributed by atoms with Gasteiger partial charge >= 0.3 is 0 Å². The van der Waals surface area contributed by atoms with E-state index in [-0.39, 0.29) is 30.3 Å². The van der Waals surface area contributed by atoms with Gasteiger partial charge in [-0.2, -0.15) is 0 Å². The van der Waals surface area contributed by atoms with Crippen molar-refractivity contribution in [2.75, 3.05) is 106 Å². The highest BCUT2D eigenvalue weighted by Gasteiger charge is 2.29. The largest absolute Gasteiger partial charge is 0.412 e. The minimum atomic E-state index is -1.70. The quantitative estimate of drug-likeness (QED) is 0.0253. The van der Waals surface area contributed by atoms with Crippen LogP contribution in [-0.2, 0) is 14.4 Å². The second-order valence-electron chi connectivity index (χ2n) is 24.4. The Labute approximate surface area is 523 Å². The maximum atomic E-state index is 12.2. The van der Waals surface area contributed by atoms with Crippen molar-refractivity contribution in [2.45, 2.75) is 308 Å². The summed E-state index contributed by atoms with van der Waals surface area (Å²) in [7, 11) is 4.03. The molecule has 0 radical (unpaired) electrons.